The second kappa shape index (κ2) is 15.7. The highest BCUT2D eigenvalue weighted by molar-refractivity contribution is 7.98. The van der Waals surface area contributed by atoms with Crippen LogP contribution < -0.4 is 14.4 Å². The number of nitrogens with zero attached hydrogens (tertiary/aromatic N) is 2. The Kier molecular flexibility index (Phi) is 12.6. The van der Waals surface area contributed by atoms with E-state index in [0.717, 1.165) is 9.20 Å². The van der Waals surface area contributed by atoms with Gasteiger partial charge in [0.05, 0.1) is 27.2 Å². The van der Waals surface area contributed by atoms with Gasteiger partial charge in [0.1, 0.15) is 18.3 Å². The molecule has 0 aromatic heterocycles. The predicted octanol–water partition coefficient (Wildman–Crippen LogP) is 6.64. The molecule has 0 aliphatic heterocycles. The topological polar surface area (TPSA) is 96.0 Å². The maximum atomic E-state index is 14.2. The molecule has 1 N–H and O–H groups in total. The van der Waals surface area contributed by atoms with Crippen molar-refractivity contribution >= 4 is 62.5 Å². The molecule has 0 saturated heterocycles. The molecule has 0 fully saturated rings. The minimum atomic E-state index is -4.25. The first-order chi connectivity index (χ1) is 20.4. The molecule has 0 aliphatic carbocycles. The van der Waals surface area contributed by atoms with Crippen LogP contribution in [0.1, 0.15) is 39.7 Å². The molecule has 0 spiro atoms. The highest BCUT2D eigenvalue weighted by Crippen LogP contribution is 2.33. The molecule has 0 aliphatic rings. The number of hydrogen-bond donors (Lipinski definition) is 1. The van der Waals surface area contributed by atoms with Gasteiger partial charge < -0.3 is 15.0 Å². The number of thioether (sulfide) groups is 1. The Morgan fingerprint density at radius 2 is 1.65 bits per heavy atom. The zero-order valence-corrected chi connectivity index (χ0v) is 28.0. The van der Waals surface area contributed by atoms with Crippen LogP contribution in [0.2, 0.25) is 10.0 Å². The van der Waals surface area contributed by atoms with Gasteiger partial charge in [-0.25, -0.2) is 8.42 Å². The van der Waals surface area contributed by atoms with Crippen molar-refractivity contribution in [1.29, 1.82) is 0 Å². The maximum Gasteiger partial charge on any atom is 0.264 e. The van der Waals surface area contributed by atoms with Gasteiger partial charge in [-0.15, -0.1) is 11.8 Å². The zero-order chi connectivity index (χ0) is 31.7. The van der Waals surface area contributed by atoms with E-state index in [-0.39, 0.29) is 35.7 Å². The first-order valence-corrected chi connectivity index (χ1v) is 17.3. The van der Waals surface area contributed by atoms with Crippen LogP contribution in [0.25, 0.3) is 0 Å². The number of rotatable bonds is 14. The van der Waals surface area contributed by atoms with E-state index in [4.69, 9.17) is 27.9 Å². The number of para-hydroxylation sites is 2. The fourth-order valence-electron chi connectivity index (χ4n) is 4.21. The summed E-state index contributed by atoms with van der Waals surface area (Å²) in [4.78, 5) is 29.7. The summed E-state index contributed by atoms with van der Waals surface area (Å²) in [5.74, 6) is -0.645. The summed E-state index contributed by atoms with van der Waals surface area (Å²) in [5, 5.41) is 3.56. The fourth-order valence-corrected chi connectivity index (χ4v) is 6.37. The minimum Gasteiger partial charge on any atom is -0.492 e. The van der Waals surface area contributed by atoms with Crippen molar-refractivity contribution < 1.29 is 22.7 Å². The standard InChI is InChI=1S/C31H37Cl2N3O5S2/c1-6-21(3)34-31(38)22(4)35(19-23-12-17-26(32)27(33)18-23)30(37)20-36(28-10-8-9-11-29(28)41-7-2)43(39,40)25-15-13-24(42-5)14-16-25/h8-18,21-22H,6-7,19-20H2,1-5H3,(H,34,38)/t21-,22-/m0/s1. The second-order valence-corrected chi connectivity index (χ2v) is 13.4. The number of benzene rings is 3. The Bertz CT molecular complexity index is 1520. The Hall–Kier alpha value is -2.92. The molecule has 0 saturated carbocycles. The van der Waals surface area contributed by atoms with Crippen molar-refractivity contribution in [2.24, 2.45) is 0 Å². The Morgan fingerprint density at radius 1 is 0.977 bits per heavy atom. The van der Waals surface area contributed by atoms with Crippen molar-refractivity contribution in [3.05, 3.63) is 82.3 Å². The number of sulfonamides is 1. The van der Waals surface area contributed by atoms with Crippen LogP contribution in [-0.4, -0.2) is 56.6 Å². The van der Waals surface area contributed by atoms with Crippen molar-refractivity contribution in [3.63, 3.8) is 0 Å². The van der Waals surface area contributed by atoms with E-state index in [1.54, 1.807) is 68.4 Å². The van der Waals surface area contributed by atoms with Gasteiger partial charge in [0.2, 0.25) is 11.8 Å². The smallest absolute Gasteiger partial charge is 0.264 e. The average molecular weight is 667 g/mol. The Balaban J connectivity index is 2.09. The van der Waals surface area contributed by atoms with Gasteiger partial charge in [-0.2, -0.15) is 0 Å². The largest absolute Gasteiger partial charge is 0.492 e. The van der Waals surface area contributed by atoms with Gasteiger partial charge in [0.25, 0.3) is 10.0 Å². The predicted molar refractivity (Wildman–Crippen MR) is 175 cm³/mol. The first-order valence-electron chi connectivity index (χ1n) is 13.8. The summed E-state index contributed by atoms with van der Waals surface area (Å²) in [7, 11) is -4.25. The lowest BCUT2D eigenvalue weighted by Crippen LogP contribution is -2.52. The van der Waals surface area contributed by atoms with Crippen LogP contribution in [0.3, 0.4) is 0 Å². The third kappa shape index (κ3) is 8.81. The third-order valence-corrected chi connectivity index (χ3v) is 10.1. The average Bonchev–Trinajstić information content (AvgIpc) is 3.00. The molecule has 12 heteroatoms. The van der Waals surface area contributed by atoms with Crippen molar-refractivity contribution in [2.45, 2.75) is 62.5 Å². The van der Waals surface area contributed by atoms with Crippen LogP contribution in [0.4, 0.5) is 5.69 Å². The molecule has 2 amide bonds. The van der Waals surface area contributed by atoms with Gasteiger partial charge >= 0.3 is 0 Å². The number of hydrogen-bond acceptors (Lipinski definition) is 6. The molecule has 0 radical (unpaired) electrons. The van der Waals surface area contributed by atoms with Crippen LogP contribution in [0, 0.1) is 0 Å². The Labute approximate surface area is 268 Å². The number of halogens is 2. The molecule has 8 nitrogen and oxygen atoms in total. The summed E-state index contributed by atoms with van der Waals surface area (Å²) in [6.45, 7) is 6.92. The SMILES string of the molecule is CCOc1ccccc1N(CC(=O)N(Cc1ccc(Cl)c(Cl)c1)[C@@H](C)C(=O)N[C@@H](C)CC)S(=O)(=O)c1ccc(SC)cc1. The maximum absolute atomic E-state index is 14.2. The molecule has 2 atom stereocenters. The molecule has 0 bridgehead atoms. The number of carbonyl (C=O) groups is 2. The molecule has 3 aromatic carbocycles. The zero-order valence-electron chi connectivity index (χ0n) is 24.8. The van der Waals surface area contributed by atoms with Crippen molar-refractivity contribution in [1.82, 2.24) is 10.2 Å². The molecule has 3 aromatic rings. The van der Waals surface area contributed by atoms with Gasteiger partial charge in [0.15, 0.2) is 0 Å². The normalized spacial score (nSPS) is 12.7. The monoisotopic (exact) mass is 665 g/mol. The quantitative estimate of drug-likeness (QED) is 0.194. The molecule has 3 rings (SSSR count). The summed E-state index contributed by atoms with van der Waals surface area (Å²) in [6, 6.07) is 17.0. The molecule has 43 heavy (non-hydrogen) atoms. The number of anilines is 1. The summed E-state index contributed by atoms with van der Waals surface area (Å²) in [6.07, 6.45) is 2.60. The van der Waals surface area contributed by atoms with Gasteiger partial charge in [0, 0.05) is 17.5 Å². The molecule has 0 unspecified atom stereocenters. The van der Waals surface area contributed by atoms with E-state index < -0.39 is 28.5 Å². The van der Waals surface area contributed by atoms with Gasteiger partial charge in [-0.05, 0) is 87.5 Å². The summed E-state index contributed by atoms with van der Waals surface area (Å²) < 4.78 is 35.1. The molecular formula is C31H37Cl2N3O5S2. The van der Waals surface area contributed by atoms with Crippen molar-refractivity contribution in [2.75, 3.05) is 23.7 Å². The summed E-state index contributed by atoms with van der Waals surface area (Å²) in [5.41, 5.74) is 0.834. The molecule has 0 heterocycles. The lowest BCUT2D eigenvalue weighted by Gasteiger charge is -2.33. The van der Waals surface area contributed by atoms with E-state index >= 15 is 0 Å². The highest BCUT2D eigenvalue weighted by Gasteiger charge is 2.34. The van der Waals surface area contributed by atoms with Crippen LogP contribution >= 0.6 is 35.0 Å². The summed E-state index contributed by atoms with van der Waals surface area (Å²) >= 11 is 13.8. The van der Waals surface area contributed by atoms with Gasteiger partial charge in [-0.1, -0.05) is 48.3 Å². The third-order valence-electron chi connectivity index (χ3n) is 6.87. The van der Waals surface area contributed by atoms with Crippen LogP contribution in [-0.2, 0) is 26.2 Å². The second-order valence-electron chi connectivity index (χ2n) is 9.85. The van der Waals surface area contributed by atoms with Crippen LogP contribution in [0.15, 0.2) is 76.5 Å². The van der Waals surface area contributed by atoms with Gasteiger partial charge in [-0.3, -0.25) is 13.9 Å². The van der Waals surface area contributed by atoms with Crippen molar-refractivity contribution in [3.8, 4) is 5.75 Å². The Morgan fingerprint density at radius 3 is 2.26 bits per heavy atom. The highest BCUT2D eigenvalue weighted by atomic mass is 35.5. The lowest BCUT2D eigenvalue weighted by atomic mass is 10.1. The molecular weight excluding hydrogens is 629 g/mol. The van der Waals surface area contributed by atoms with E-state index in [1.807, 2.05) is 20.1 Å². The number of nitrogens with one attached hydrogen (secondary N) is 1. The van der Waals surface area contributed by atoms with E-state index in [2.05, 4.69) is 5.32 Å². The fraction of sp³-hybridized carbons (Fsp3) is 0.355. The lowest BCUT2D eigenvalue weighted by molar-refractivity contribution is -0.139. The van der Waals surface area contributed by atoms with E-state index in [1.165, 1.54) is 28.8 Å². The number of ether oxygens (including phenoxy) is 1. The molecule has 232 valence electrons. The van der Waals surface area contributed by atoms with E-state index in [9.17, 15) is 18.0 Å². The number of carbonyl (C=O) groups excluding carboxylic acids is 2. The number of amides is 2. The van der Waals surface area contributed by atoms with Crippen LogP contribution in [0.5, 0.6) is 5.75 Å². The minimum absolute atomic E-state index is 0.00572. The first kappa shape index (κ1) is 34.6. The van der Waals surface area contributed by atoms with E-state index in [0.29, 0.717) is 27.8 Å².